The number of allylic oxidation sites excluding steroid dienone is 1. The third kappa shape index (κ3) is 8.23. The van der Waals surface area contributed by atoms with Gasteiger partial charge in [0.25, 0.3) is 15.9 Å². The van der Waals surface area contributed by atoms with Gasteiger partial charge in [0.2, 0.25) is 5.91 Å². The number of aliphatic imine (C=N–C) groups is 1. The monoisotopic (exact) mass is 717 g/mol. The lowest BCUT2D eigenvalue weighted by atomic mass is 9.87. The summed E-state index contributed by atoms with van der Waals surface area (Å²) in [6.45, 7) is 3.81. The van der Waals surface area contributed by atoms with Gasteiger partial charge in [-0.2, -0.15) is 17.5 Å². The summed E-state index contributed by atoms with van der Waals surface area (Å²) in [5.41, 5.74) is 6.38. The largest absolute Gasteiger partial charge is 0.496 e. The van der Waals surface area contributed by atoms with Crippen molar-refractivity contribution in [3.63, 3.8) is 0 Å². The number of ether oxygens (including phenoxy) is 1. The number of dihydropyridines is 1. The van der Waals surface area contributed by atoms with Crippen LogP contribution >= 0.6 is 11.3 Å². The van der Waals surface area contributed by atoms with E-state index in [9.17, 15) is 31.2 Å². The number of alkyl halides is 3. The molecule has 3 heterocycles. The molecule has 1 saturated heterocycles. The molecule has 0 saturated carbocycles. The molecule has 0 radical (unpaired) electrons. The quantitative estimate of drug-likeness (QED) is 0.266. The number of nitrogens with one attached hydrogen (secondary N) is 1. The molecule has 0 spiro atoms. The molecule has 2 amide bonds. The van der Waals surface area contributed by atoms with Gasteiger partial charge in [-0.3, -0.25) is 19.5 Å². The van der Waals surface area contributed by atoms with E-state index in [1.165, 1.54) is 35.8 Å². The zero-order valence-corrected chi connectivity index (χ0v) is 28.7. The molecule has 5 rings (SSSR count). The Balaban J connectivity index is 1.20. The van der Waals surface area contributed by atoms with E-state index in [0.717, 1.165) is 29.0 Å². The first-order valence-corrected chi connectivity index (χ1v) is 18.0. The fourth-order valence-corrected chi connectivity index (χ4v) is 9.12. The van der Waals surface area contributed by atoms with Crippen LogP contribution in [0.15, 0.2) is 76.0 Å². The summed E-state index contributed by atoms with van der Waals surface area (Å²) < 4.78 is 73.1. The smallest absolute Gasteiger partial charge is 0.416 e. The molecular formula is C34H38F3N5O5S2. The van der Waals surface area contributed by atoms with Crippen molar-refractivity contribution in [1.82, 2.24) is 14.5 Å². The zero-order valence-electron chi connectivity index (χ0n) is 27.0. The van der Waals surface area contributed by atoms with E-state index >= 15 is 0 Å². The summed E-state index contributed by atoms with van der Waals surface area (Å²) in [7, 11) is -2.32. The van der Waals surface area contributed by atoms with Crippen molar-refractivity contribution in [2.75, 3.05) is 26.7 Å². The predicted molar refractivity (Wildman–Crippen MR) is 181 cm³/mol. The zero-order chi connectivity index (χ0) is 35.3. The molecule has 2 aliphatic heterocycles. The van der Waals surface area contributed by atoms with Gasteiger partial charge in [0.1, 0.15) is 9.96 Å². The van der Waals surface area contributed by atoms with Gasteiger partial charge in [-0.15, -0.1) is 11.3 Å². The van der Waals surface area contributed by atoms with Crippen molar-refractivity contribution >= 4 is 39.4 Å². The number of nitrogens with zero attached hydrogens (tertiary/aromatic N) is 3. The average Bonchev–Trinajstić information content (AvgIpc) is 3.59. The first-order chi connectivity index (χ1) is 23.3. The van der Waals surface area contributed by atoms with Crippen LogP contribution in [0.1, 0.15) is 57.7 Å². The van der Waals surface area contributed by atoms with Crippen LogP contribution in [-0.2, 0) is 34.1 Å². The minimum atomic E-state index is -4.39. The number of halogens is 3. The summed E-state index contributed by atoms with van der Waals surface area (Å²) in [5.74, 6) is -1.43. The minimum absolute atomic E-state index is 0.0697. The Labute approximate surface area is 287 Å². The number of sulfonamides is 1. The summed E-state index contributed by atoms with van der Waals surface area (Å²) in [5, 5.41) is 2.85. The summed E-state index contributed by atoms with van der Waals surface area (Å²) in [6, 6.07) is 12.6. The van der Waals surface area contributed by atoms with E-state index in [4.69, 9.17) is 10.5 Å². The maximum Gasteiger partial charge on any atom is 0.416 e. The van der Waals surface area contributed by atoms with Crippen LogP contribution < -0.4 is 15.8 Å². The molecule has 2 unspecified atom stereocenters. The highest BCUT2D eigenvalue weighted by molar-refractivity contribution is 7.91. The number of methoxy groups -OCH3 is 1. The number of carbonyl (C=O) groups is 2. The fraction of sp³-hybridized carbons (Fsp3) is 0.382. The second-order valence-corrected chi connectivity index (χ2v) is 15.1. The van der Waals surface area contributed by atoms with Gasteiger partial charge in [0.05, 0.1) is 31.2 Å². The third-order valence-corrected chi connectivity index (χ3v) is 12.3. The summed E-state index contributed by atoms with van der Waals surface area (Å²) in [6.07, 6.45) is 1.58. The number of piperidine rings is 1. The number of thiophene rings is 1. The standard InChI is InChI=1S/C34H38F3N5O5S2/c1-3-41(21-22-9-11-23(12-10-22)34(35,36)37)24-15-18-42(19-16-24)49(45,46)29-14-13-25(48-29)20-40-33(44)26-6-4-8-28(47-2)30(26)31-27(32(38)43)7-5-17-39-31/h4-14,17,24,27,31H,3,15-16,18-21H2,1-2H3,(H2,38,43)(H,40,44). The first-order valence-electron chi connectivity index (χ1n) is 15.8. The van der Waals surface area contributed by atoms with E-state index in [2.05, 4.69) is 15.2 Å². The van der Waals surface area contributed by atoms with E-state index in [1.54, 1.807) is 36.4 Å². The minimum Gasteiger partial charge on any atom is -0.496 e. The molecular weight excluding hydrogens is 680 g/mol. The number of hydrogen-bond donors (Lipinski definition) is 2. The van der Waals surface area contributed by atoms with E-state index in [-0.39, 0.29) is 22.4 Å². The number of primary amides is 1. The molecule has 2 aromatic carbocycles. The van der Waals surface area contributed by atoms with Crippen LogP contribution in [0.2, 0.25) is 0 Å². The maximum absolute atomic E-state index is 13.6. The van der Waals surface area contributed by atoms with Gasteiger partial charge >= 0.3 is 6.18 Å². The predicted octanol–water partition coefficient (Wildman–Crippen LogP) is 5.16. The van der Waals surface area contributed by atoms with Crippen molar-refractivity contribution < 1.29 is 35.9 Å². The van der Waals surface area contributed by atoms with Crippen molar-refractivity contribution in [1.29, 1.82) is 0 Å². The molecule has 0 aliphatic carbocycles. The molecule has 3 aromatic rings. The van der Waals surface area contributed by atoms with Crippen LogP contribution in [0, 0.1) is 5.92 Å². The first kappa shape index (κ1) is 36.2. The number of benzene rings is 2. The Hall–Kier alpha value is -4.05. The fourth-order valence-electron chi connectivity index (χ4n) is 6.20. The molecule has 262 valence electrons. The van der Waals surface area contributed by atoms with Gasteiger partial charge in [0, 0.05) is 47.9 Å². The lowest BCUT2D eigenvalue weighted by molar-refractivity contribution is -0.137. The molecule has 10 nitrogen and oxygen atoms in total. The van der Waals surface area contributed by atoms with Gasteiger partial charge in [-0.25, -0.2) is 8.42 Å². The maximum atomic E-state index is 13.6. The van der Waals surface area contributed by atoms with Crippen molar-refractivity contribution in [2.24, 2.45) is 16.6 Å². The van der Waals surface area contributed by atoms with Crippen LogP contribution in [0.4, 0.5) is 13.2 Å². The highest BCUT2D eigenvalue weighted by atomic mass is 32.2. The highest BCUT2D eigenvalue weighted by Gasteiger charge is 2.34. The van der Waals surface area contributed by atoms with Crippen LogP contribution in [0.3, 0.4) is 0 Å². The number of nitrogens with two attached hydrogens (primary N) is 1. The second-order valence-electron chi connectivity index (χ2n) is 11.8. The van der Waals surface area contributed by atoms with Crippen LogP contribution in [0.5, 0.6) is 5.75 Å². The van der Waals surface area contributed by atoms with Gasteiger partial charge in [0.15, 0.2) is 0 Å². The highest BCUT2D eigenvalue weighted by Crippen LogP contribution is 2.38. The second kappa shape index (κ2) is 15.2. The third-order valence-electron chi connectivity index (χ3n) is 8.81. The molecule has 3 N–H and O–H groups in total. The Morgan fingerprint density at radius 3 is 2.45 bits per heavy atom. The Bertz CT molecular complexity index is 1820. The Morgan fingerprint density at radius 2 is 1.82 bits per heavy atom. The number of hydrogen-bond acceptors (Lipinski definition) is 8. The lowest BCUT2D eigenvalue weighted by Gasteiger charge is -2.37. The summed E-state index contributed by atoms with van der Waals surface area (Å²) >= 11 is 1.08. The Morgan fingerprint density at radius 1 is 1.10 bits per heavy atom. The number of amides is 2. The van der Waals surface area contributed by atoms with Crippen LogP contribution in [-0.4, -0.2) is 68.4 Å². The summed E-state index contributed by atoms with van der Waals surface area (Å²) in [4.78, 5) is 32.8. The number of rotatable bonds is 12. The number of carbonyl (C=O) groups excluding carboxylic acids is 2. The SMILES string of the molecule is CCN(Cc1ccc(C(F)(F)F)cc1)C1CCN(S(=O)(=O)c2ccc(CNC(=O)c3cccc(OC)c3C3N=CC=CC3C(N)=O)s2)CC1. The van der Waals surface area contributed by atoms with Gasteiger partial charge in [-0.1, -0.05) is 31.2 Å². The van der Waals surface area contributed by atoms with E-state index < -0.39 is 45.5 Å². The molecule has 2 aliphatic rings. The molecule has 2 atom stereocenters. The average molecular weight is 718 g/mol. The normalized spacial score (nSPS) is 18.9. The lowest BCUT2D eigenvalue weighted by Crippen LogP contribution is -2.46. The van der Waals surface area contributed by atoms with Crippen molar-refractivity contribution in [2.45, 2.75) is 55.3 Å². The topological polar surface area (TPSA) is 134 Å². The van der Waals surface area contributed by atoms with E-state index in [1.807, 2.05) is 6.92 Å². The van der Waals surface area contributed by atoms with Gasteiger partial charge in [-0.05, 0) is 67.4 Å². The Kier molecular flexibility index (Phi) is 11.3. The molecule has 1 fully saturated rings. The van der Waals surface area contributed by atoms with Gasteiger partial charge < -0.3 is 15.8 Å². The van der Waals surface area contributed by atoms with Crippen LogP contribution in [0.25, 0.3) is 0 Å². The van der Waals surface area contributed by atoms with Crippen molar-refractivity contribution in [3.8, 4) is 5.75 Å². The molecule has 15 heteroatoms. The molecule has 49 heavy (non-hydrogen) atoms. The van der Waals surface area contributed by atoms with Crippen molar-refractivity contribution in [3.05, 3.63) is 93.9 Å². The molecule has 1 aromatic heterocycles. The molecule has 0 bridgehead atoms. The van der Waals surface area contributed by atoms with E-state index in [0.29, 0.717) is 55.2 Å².